The van der Waals surface area contributed by atoms with Crippen LogP contribution in [0.4, 0.5) is 0 Å². The fraction of sp³-hybridized carbons (Fsp3) is 0.588. The standard InChI is InChI=1S/C17H25N3O.HI/c1-18-17(20-12-15-6-4-10-21-15)19-11-14-9-8-13-5-2-3-7-16(13)14;/h2-3,5,7,14-15H,4,6,8-12H2,1H3,(H2,18,19,20);1H. The molecular formula is C17H26IN3O. The van der Waals surface area contributed by atoms with Gasteiger partial charge in [-0.05, 0) is 36.8 Å². The van der Waals surface area contributed by atoms with E-state index in [-0.39, 0.29) is 24.0 Å². The Kier molecular flexibility index (Phi) is 6.95. The number of aryl methyl sites for hydroxylation is 1. The lowest BCUT2D eigenvalue weighted by atomic mass is 10.0. The van der Waals surface area contributed by atoms with Crippen LogP contribution < -0.4 is 10.6 Å². The molecule has 2 aliphatic rings. The summed E-state index contributed by atoms with van der Waals surface area (Å²) in [5, 5.41) is 6.83. The SMILES string of the molecule is CN=C(NCC1CCCO1)NCC1CCc2ccccc21.I. The number of halogens is 1. The fourth-order valence-electron chi connectivity index (χ4n) is 3.31. The summed E-state index contributed by atoms with van der Waals surface area (Å²) in [6.45, 7) is 2.69. The number of guanidine groups is 1. The Morgan fingerprint density at radius 2 is 2.05 bits per heavy atom. The third-order valence-electron chi connectivity index (χ3n) is 4.52. The van der Waals surface area contributed by atoms with Gasteiger partial charge < -0.3 is 15.4 Å². The smallest absolute Gasteiger partial charge is 0.191 e. The van der Waals surface area contributed by atoms with Crippen molar-refractivity contribution in [1.82, 2.24) is 10.6 Å². The molecule has 22 heavy (non-hydrogen) atoms. The highest BCUT2D eigenvalue weighted by Crippen LogP contribution is 2.32. The summed E-state index contributed by atoms with van der Waals surface area (Å²) >= 11 is 0. The van der Waals surface area contributed by atoms with Crippen LogP contribution in [-0.2, 0) is 11.2 Å². The number of nitrogens with zero attached hydrogens (tertiary/aromatic N) is 1. The lowest BCUT2D eigenvalue weighted by Crippen LogP contribution is -2.42. The van der Waals surface area contributed by atoms with Crippen molar-refractivity contribution in [3.63, 3.8) is 0 Å². The van der Waals surface area contributed by atoms with E-state index in [1.54, 1.807) is 0 Å². The molecule has 4 nitrogen and oxygen atoms in total. The van der Waals surface area contributed by atoms with E-state index in [9.17, 15) is 0 Å². The second kappa shape index (κ2) is 8.72. The van der Waals surface area contributed by atoms with Crippen molar-refractivity contribution in [2.75, 3.05) is 26.7 Å². The quantitative estimate of drug-likeness (QED) is 0.452. The second-order valence-electron chi connectivity index (χ2n) is 5.90. The molecule has 0 amide bonds. The van der Waals surface area contributed by atoms with E-state index in [2.05, 4.69) is 39.9 Å². The number of nitrogens with one attached hydrogen (secondary N) is 2. The highest BCUT2D eigenvalue weighted by Gasteiger charge is 2.22. The molecule has 3 rings (SSSR count). The van der Waals surface area contributed by atoms with Gasteiger partial charge in [-0.3, -0.25) is 4.99 Å². The van der Waals surface area contributed by atoms with Crippen molar-refractivity contribution in [2.24, 2.45) is 4.99 Å². The maximum Gasteiger partial charge on any atom is 0.191 e. The van der Waals surface area contributed by atoms with Crippen LogP contribution in [0.15, 0.2) is 29.3 Å². The molecular weight excluding hydrogens is 389 g/mol. The molecule has 1 saturated heterocycles. The van der Waals surface area contributed by atoms with Crippen LogP contribution in [0.3, 0.4) is 0 Å². The van der Waals surface area contributed by atoms with E-state index in [4.69, 9.17) is 4.74 Å². The van der Waals surface area contributed by atoms with Gasteiger partial charge in [0.25, 0.3) is 0 Å². The number of rotatable bonds is 4. The Balaban J connectivity index is 0.00000176. The molecule has 122 valence electrons. The monoisotopic (exact) mass is 415 g/mol. The molecule has 2 unspecified atom stereocenters. The van der Waals surface area contributed by atoms with Crippen molar-refractivity contribution >= 4 is 29.9 Å². The molecule has 0 radical (unpaired) electrons. The first kappa shape index (κ1) is 17.5. The summed E-state index contributed by atoms with van der Waals surface area (Å²) in [4.78, 5) is 4.30. The van der Waals surface area contributed by atoms with E-state index >= 15 is 0 Å². The van der Waals surface area contributed by atoms with Gasteiger partial charge in [-0.1, -0.05) is 24.3 Å². The maximum atomic E-state index is 5.63. The first-order valence-electron chi connectivity index (χ1n) is 8.00. The molecule has 0 bridgehead atoms. The van der Waals surface area contributed by atoms with E-state index < -0.39 is 0 Å². The predicted molar refractivity (Wildman–Crippen MR) is 101 cm³/mol. The van der Waals surface area contributed by atoms with Crippen LogP contribution in [0.25, 0.3) is 0 Å². The molecule has 1 heterocycles. The highest BCUT2D eigenvalue weighted by atomic mass is 127. The van der Waals surface area contributed by atoms with Crippen molar-refractivity contribution < 1.29 is 4.74 Å². The molecule has 5 heteroatoms. The Morgan fingerprint density at radius 3 is 2.82 bits per heavy atom. The number of hydrogen-bond acceptors (Lipinski definition) is 2. The Hall–Kier alpha value is -0.820. The van der Waals surface area contributed by atoms with Gasteiger partial charge in [0.1, 0.15) is 0 Å². The minimum absolute atomic E-state index is 0. The minimum Gasteiger partial charge on any atom is -0.376 e. The zero-order chi connectivity index (χ0) is 14.5. The third-order valence-corrected chi connectivity index (χ3v) is 4.52. The van der Waals surface area contributed by atoms with Gasteiger partial charge in [0.15, 0.2) is 5.96 Å². The number of aliphatic imine (C=N–C) groups is 1. The van der Waals surface area contributed by atoms with E-state index in [1.165, 1.54) is 30.4 Å². The molecule has 1 aliphatic heterocycles. The van der Waals surface area contributed by atoms with Crippen molar-refractivity contribution in [1.29, 1.82) is 0 Å². The van der Waals surface area contributed by atoms with Crippen LogP contribution in [0.5, 0.6) is 0 Å². The third kappa shape index (κ3) is 4.35. The first-order chi connectivity index (χ1) is 10.4. The summed E-state index contributed by atoms with van der Waals surface area (Å²) in [6, 6.07) is 8.79. The number of benzene rings is 1. The van der Waals surface area contributed by atoms with Gasteiger partial charge in [0.2, 0.25) is 0 Å². The van der Waals surface area contributed by atoms with Gasteiger partial charge in [-0.25, -0.2) is 0 Å². The normalized spacial score (nSPS) is 23.8. The van der Waals surface area contributed by atoms with Gasteiger partial charge in [-0.2, -0.15) is 0 Å². The molecule has 1 aromatic carbocycles. The second-order valence-corrected chi connectivity index (χ2v) is 5.90. The van der Waals surface area contributed by atoms with Gasteiger partial charge in [0, 0.05) is 32.7 Å². The zero-order valence-corrected chi connectivity index (χ0v) is 15.5. The number of ether oxygens (including phenoxy) is 1. The Labute approximate surface area is 150 Å². The average molecular weight is 415 g/mol. The van der Waals surface area contributed by atoms with E-state index in [0.717, 1.165) is 32.1 Å². The Morgan fingerprint density at radius 1 is 1.23 bits per heavy atom. The average Bonchev–Trinajstić information content (AvgIpc) is 3.17. The predicted octanol–water partition coefficient (Wildman–Crippen LogP) is 2.68. The molecule has 2 N–H and O–H groups in total. The Bertz CT molecular complexity index is 500. The van der Waals surface area contributed by atoms with E-state index in [1.807, 2.05) is 7.05 Å². The summed E-state index contributed by atoms with van der Waals surface area (Å²) in [6.07, 6.45) is 5.10. The van der Waals surface area contributed by atoms with Crippen LogP contribution in [-0.4, -0.2) is 38.8 Å². The lowest BCUT2D eigenvalue weighted by molar-refractivity contribution is 0.114. The van der Waals surface area contributed by atoms with Gasteiger partial charge in [0.05, 0.1) is 6.10 Å². The molecule has 2 atom stereocenters. The van der Waals surface area contributed by atoms with Crippen LogP contribution in [0.1, 0.15) is 36.3 Å². The number of hydrogen-bond donors (Lipinski definition) is 2. The highest BCUT2D eigenvalue weighted by molar-refractivity contribution is 14.0. The van der Waals surface area contributed by atoms with Gasteiger partial charge >= 0.3 is 0 Å². The molecule has 1 aliphatic carbocycles. The molecule has 0 spiro atoms. The summed E-state index contributed by atoms with van der Waals surface area (Å²) < 4.78 is 5.63. The van der Waals surface area contributed by atoms with Crippen LogP contribution in [0, 0.1) is 0 Å². The molecule has 1 fully saturated rings. The van der Waals surface area contributed by atoms with E-state index in [0.29, 0.717) is 12.0 Å². The number of fused-ring (bicyclic) bond motifs is 1. The fourth-order valence-corrected chi connectivity index (χ4v) is 3.31. The van der Waals surface area contributed by atoms with Crippen molar-refractivity contribution in [3.8, 4) is 0 Å². The topological polar surface area (TPSA) is 45.7 Å². The summed E-state index contributed by atoms with van der Waals surface area (Å²) in [7, 11) is 1.83. The summed E-state index contributed by atoms with van der Waals surface area (Å²) in [5.41, 5.74) is 3.01. The van der Waals surface area contributed by atoms with Crippen LogP contribution in [0.2, 0.25) is 0 Å². The van der Waals surface area contributed by atoms with Crippen molar-refractivity contribution in [3.05, 3.63) is 35.4 Å². The molecule has 0 saturated carbocycles. The van der Waals surface area contributed by atoms with Crippen LogP contribution >= 0.6 is 24.0 Å². The lowest BCUT2D eigenvalue weighted by Gasteiger charge is -2.18. The van der Waals surface area contributed by atoms with Crippen molar-refractivity contribution in [2.45, 2.75) is 37.7 Å². The molecule has 0 aromatic heterocycles. The largest absolute Gasteiger partial charge is 0.376 e. The zero-order valence-electron chi connectivity index (χ0n) is 13.2. The maximum absolute atomic E-state index is 5.63. The summed E-state index contributed by atoms with van der Waals surface area (Å²) in [5.74, 6) is 1.48. The first-order valence-corrected chi connectivity index (χ1v) is 8.00. The molecule has 1 aromatic rings. The van der Waals surface area contributed by atoms with Gasteiger partial charge in [-0.15, -0.1) is 24.0 Å². The minimum atomic E-state index is 0.